The van der Waals surface area contributed by atoms with Crippen LogP contribution in [0, 0.1) is 0 Å². The van der Waals surface area contributed by atoms with Crippen LogP contribution in [-0.4, -0.2) is 18.6 Å². The van der Waals surface area contributed by atoms with Gasteiger partial charge in [0.1, 0.15) is 6.10 Å². The van der Waals surface area contributed by atoms with Gasteiger partial charge in [0.15, 0.2) is 0 Å². The number of ether oxygens (including phenoxy) is 1. The summed E-state index contributed by atoms with van der Waals surface area (Å²) in [4.78, 5) is 12.5. The Morgan fingerprint density at radius 3 is 2.12 bits per heavy atom. The van der Waals surface area contributed by atoms with E-state index in [1.807, 2.05) is 30.3 Å². The van der Waals surface area contributed by atoms with Crippen molar-refractivity contribution >= 4 is 11.6 Å². The van der Waals surface area contributed by atoms with E-state index in [1.54, 1.807) is 0 Å². The van der Waals surface area contributed by atoms with Gasteiger partial charge in [0.2, 0.25) is 0 Å². The minimum atomic E-state index is -0.327. The molecule has 1 unspecified atom stereocenters. The monoisotopic (exact) mass is 347 g/mol. The van der Waals surface area contributed by atoms with Gasteiger partial charge in [0.25, 0.3) is 5.91 Å². The van der Waals surface area contributed by atoms with Gasteiger partial charge >= 0.3 is 0 Å². The number of nitrogens with one attached hydrogen (secondary N) is 1. The van der Waals surface area contributed by atoms with Gasteiger partial charge in [-0.25, -0.2) is 0 Å². The summed E-state index contributed by atoms with van der Waals surface area (Å²) in [5, 5.41) is 2.98. The summed E-state index contributed by atoms with van der Waals surface area (Å²) >= 11 is 0. The highest BCUT2D eigenvalue weighted by Crippen LogP contribution is 2.14. The number of hydrogen-bond donors (Lipinski definition) is 1. The van der Waals surface area contributed by atoms with Crippen LogP contribution >= 0.6 is 0 Å². The Kier molecular flexibility index (Phi) is 13.0. The van der Waals surface area contributed by atoms with Crippen LogP contribution < -0.4 is 5.32 Å². The van der Waals surface area contributed by atoms with Crippen molar-refractivity contribution in [3.8, 4) is 0 Å². The quantitative estimate of drug-likeness (QED) is 0.376. The lowest BCUT2D eigenvalue weighted by atomic mass is 10.1. The number of amides is 1. The largest absolute Gasteiger partial charge is 0.368 e. The second kappa shape index (κ2) is 14.9. The van der Waals surface area contributed by atoms with Crippen molar-refractivity contribution in [2.75, 3.05) is 11.9 Å². The summed E-state index contributed by atoms with van der Waals surface area (Å²) in [7, 11) is 0. The van der Waals surface area contributed by atoms with E-state index in [0.717, 1.165) is 31.4 Å². The van der Waals surface area contributed by atoms with Crippen LogP contribution in [0.15, 0.2) is 30.3 Å². The summed E-state index contributed by atoms with van der Waals surface area (Å²) in [6.07, 6.45) is 12.8. The Labute approximate surface area is 154 Å². The molecule has 1 atom stereocenters. The molecule has 0 heterocycles. The predicted molar refractivity (Wildman–Crippen MR) is 107 cm³/mol. The van der Waals surface area contributed by atoms with Gasteiger partial charge in [-0.2, -0.15) is 0 Å². The van der Waals surface area contributed by atoms with Gasteiger partial charge in [-0.3, -0.25) is 4.79 Å². The van der Waals surface area contributed by atoms with Gasteiger partial charge in [-0.05, 0) is 25.0 Å². The second-order valence-corrected chi connectivity index (χ2v) is 6.83. The molecule has 25 heavy (non-hydrogen) atoms. The normalized spacial score (nSPS) is 12.1. The van der Waals surface area contributed by atoms with E-state index in [9.17, 15) is 4.79 Å². The first-order chi connectivity index (χ1) is 12.3. The standard InChI is InChI=1S/C22H37NO2/c1-3-5-7-8-9-10-11-15-18-21(25-19-6-4-2)22(24)23-20-16-13-12-14-17-20/h12-14,16-17,21H,3-11,15,18-19H2,1-2H3,(H,23,24). The number of anilines is 1. The minimum Gasteiger partial charge on any atom is -0.368 e. The minimum absolute atomic E-state index is 0.00903. The average molecular weight is 348 g/mol. The van der Waals surface area contributed by atoms with Crippen LogP contribution in [0.25, 0.3) is 0 Å². The molecule has 3 heteroatoms. The van der Waals surface area contributed by atoms with Crippen LogP contribution in [-0.2, 0) is 9.53 Å². The molecular weight excluding hydrogens is 310 g/mol. The topological polar surface area (TPSA) is 38.3 Å². The summed E-state index contributed by atoms with van der Waals surface area (Å²) in [5.41, 5.74) is 0.840. The first-order valence-corrected chi connectivity index (χ1v) is 10.3. The van der Waals surface area contributed by atoms with E-state index in [4.69, 9.17) is 4.74 Å². The maximum atomic E-state index is 12.5. The van der Waals surface area contributed by atoms with Crippen LogP contribution in [0.4, 0.5) is 5.69 Å². The van der Waals surface area contributed by atoms with Crippen LogP contribution in [0.1, 0.15) is 84.5 Å². The molecule has 1 rings (SSSR count). The summed E-state index contributed by atoms with van der Waals surface area (Å²) in [5.74, 6) is -0.00903. The molecule has 0 spiro atoms. The lowest BCUT2D eigenvalue weighted by Crippen LogP contribution is -2.31. The van der Waals surface area contributed by atoms with Gasteiger partial charge in [-0.15, -0.1) is 0 Å². The Balaban J connectivity index is 2.30. The van der Waals surface area contributed by atoms with Crippen molar-refractivity contribution < 1.29 is 9.53 Å². The lowest BCUT2D eigenvalue weighted by molar-refractivity contribution is -0.128. The molecule has 3 nitrogen and oxygen atoms in total. The van der Waals surface area contributed by atoms with Crippen molar-refractivity contribution in [2.45, 2.75) is 90.6 Å². The molecule has 1 N–H and O–H groups in total. The number of para-hydroxylation sites is 1. The zero-order chi connectivity index (χ0) is 18.2. The molecule has 1 aromatic rings. The summed E-state index contributed by atoms with van der Waals surface area (Å²) in [6.45, 7) is 5.06. The molecule has 0 aromatic heterocycles. The van der Waals surface area contributed by atoms with Gasteiger partial charge < -0.3 is 10.1 Å². The number of hydrogen-bond acceptors (Lipinski definition) is 2. The number of carbonyl (C=O) groups excluding carboxylic acids is 1. The predicted octanol–water partition coefficient (Wildman–Crippen LogP) is 6.34. The molecule has 142 valence electrons. The Hall–Kier alpha value is -1.35. The molecule has 0 bridgehead atoms. The van der Waals surface area contributed by atoms with Crippen molar-refractivity contribution in [1.29, 1.82) is 0 Å². The van der Waals surface area contributed by atoms with Crippen molar-refractivity contribution in [3.63, 3.8) is 0 Å². The van der Waals surface area contributed by atoms with Crippen molar-refractivity contribution in [2.24, 2.45) is 0 Å². The van der Waals surface area contributed by atoms with Gasteiger partial charge in [0.05, 0.1) is 0 Å². The van der Waals surface area contributed by atoms with E-state index < -0.39 is 0 Å². The third-order valence-electron chi connectivity index (χ3n) is 4.47. The molecule has 0 saturated carbocycles. The van der Waals surface area contributed by atoms with Crippen LogP contribution in [0.5, 0.6) is 0 Å². The molecule has 0 saturated heterocycles. The Bertz CT molecular complexity index is 433. The fraction of sp³-hybridized carbons (Fsp3) is 0.682. The fourth-order valence-electron chi connectivity index (χ4n) is 2.87. The highest BCUT2D eigenvalue weighted by molar-refractivity contribution is 5.94. The molecule has 1 aromatic carbocycles. The Morgan fingerprint density at radius 1 is 0.880 bits per heavy atom. The molecule has 0 aliphatic heterocycles. The fourth-order valence-corrected chi connectivity index (χ4v) is 2.87. The maximum absolute atomic E-state index is 12.5. The highest BCUT2D eigenvalue weighted by Gasteiger charge is 2.18. The Morgan fingerprint density at radius 2 is 1.48 bits per heavy atom. The first kappa shape index (κ1) is 21.7. The first-order valence-electron chi connectivity index (χ1n) is 10.3. The van der Waals surface area contributed by atoms with Crippen LogP contribution in [0.3, 0.4) is 0 Å². The van der Waals surface area contributed by atoms with E-state index in [-0.39, 0.29) is 12.0 Å². The third-order valence-corrected chi connectivity index (χ3v) is 4.47. The summed E-state index contributed by atoms with van der Waals surface area (Å²) in [6, 6.07) is 9.64. The summed E-state index contributed by atoms with van der Waals surface area (Å²) < 4.78 is 5.86. The third kappa shape index (κ3) is 11.0. The highest BCUT2D eigenvalue weighted by atomic mass is 16.5. The molecule has 1 amide bonds. The molecule has 0 radical (unpaired) electrons. The second-order valence-electron chi connectivity index (χ2n) is 6.83. The van der Waals surface area contributed by atoms with Gasteiger partial charge in [-0.1, -0.05) is 89.8 Å². The number of carbonyl (C=O) groups is 1. The zero-order valence-electron chi connectivity index (χ0n) is 16.3. The molecular formula is C22H37NO2. The molecule has 0 fully saturated rings. The number of unbranched alkanes of at least 4 members (excludes halogenated alkanes) is 8. The van der Waals surface area contributed by atoms with E-state index >= 15 is 0 Å². The number of benzene rings is 1. The van der Waals surface area contributed by atoms with Crippen molar-refractivity contribution in [1.82, 2.24) is 0 Å². The zero-order valence-corrected chi connectivity index (χ0v) is 16.3. The van der Waals surface area contributed by atoms with Crippen LogP contribution in [0.2, 0.25) is 0 Å². The van der Waals surface area contributed by atoms with Gasteiger partial charge in [0, 0.05) is 12.3 Å². The van der Waals surface area contributed by atoms with E-state index in [1.165, 1.54) is 44.9 Å². The lowest BCUT2D eigenvalue weighted by Gasteiger charge is -2.17. The van der Waals surface area contributed by atoms with Crippen molar-refractivity contribution in [3.05, 3.63) is 30.3 Å². The van der Waals surface area contributed by atoms with E-state index in [2.05, 4.69) is 19.2 Å². The molecule has 0 aliphatic carbocycles. The number of rotatable bonds is 15. The van der Waals surface area contributed by atoms with E-state index in [0.29, 0.717) is 6.61 Å². The smallest absolute Gasteiger partial charge is 0.253 e. The SMILES string of the molecule is CCCCCCCCCCC(OCCCC)C(=O)Nc1ccccc1. The molecule has 0 aliphatic rings. The average Bonchev–Trinajstić information content (AvgIpc) is 2.63. The maximum Gasteiger partial charge on any atom is 0.253 e.